The van der Waals surface area contributed by atoms with Crippen LogP contribution < -0.4 is 10.2 Å². The number of amides is 2. The molecular weight excluding hydrogens is 336 g/mol. The molecule has 2 aromatic rings. The van der Waals surface area contributed by atoms with Gasteiger partial charge in [0.2, 0.25) is 6.41 Å². The van der Waals surface area contributed by atoms with Gasteiger partial charge in [-0.15, -0.1) is 11.3 Å². The average molecular weight is 358 g/mol. The van der Waals surface area contributed by atoms with Crippen molar-refractivity contribution in [1.82, 2.24) is 15.2 Å². The summed E-state index contributed by atoms with van der Waals surface area (Å²) in [5.41, 5.74) is 1.22. The van der Waals surface area contributed by atoms with Crippen LogP contribution in [0.5, 0.6) is 0 Å². The lowest BCUT2D eigenvalue weighted by molar-refractivity contribution is -0.107. The van der Waals surface area contributed by atoms with E-state index < -0.39 is 0 Å². The minimum Gasteiger partial charge on any atom is -0.346 e. The first-order chi connectivity index (χ1) is 12.1. The summed E-state index contributed by atoms with van der Waals surface area (Å²) in [6.45, 7) is 4.47. The van der Waals surface area contributed by atoms with Gasteiger partial charge in [0.15, 0.2) is 0 Å². The Bertz CT molecular complexity index is 811. The zero-order valence-electron chi connectivity index (χ0n) is 14.4. The first-order valence-corrected chi connectivity index (χ1v) is 9.56. The van der Waals surface area contributed by atoms with E-state index in [4.69, 9.17) is 0 Å². The Balaban J connectivity index is 1.58. The van der Waals surface area contributed by atoms with Crippen LogP contribution in [-0.4, -0.2) is 54.4 Å². The van der Waals surface area contributed by atoms with Gasteiger partial charge in [-0.25, -0.2) is 4.98 Å². The van der Waals surface area contributed by atoms with Crippen LogP contribution in [0.1, 0.15) is 30.3 Å². The van der Waals surface area contributed by atoms with E-state index in [9.17, 15) is 9.59 Å². The second-order valence-electron chi connectivity index (χ2n) is 7.02. The number of aromatic nitrogens is 1. The van der Waals surface area contributed by atoms with Gasteiger partial charge in [-0.05, 0) is 44.8 Å². The molecule has 2 atom stereocenters. The molecule has 6 nitrogen and oxygen atoms in total. The molecule has 0 spiro atoms. The molecule has 5 rings (SSSR count). The first-order valence-electron chi connectivity index (χ1n) is 8.69. The number of nitrogens with zero attached hydrogens (tertiary/aromatic N) is 3. The highest BCUT2D eigenvalue weighted by Gasteiger charge is 2.40. The van der Waals surface area contributed by atoms with Gasteiger partial charge in [-0.3, -0.25) is 14.5 Å². The molecule has 25 heavy (non-hydrogen) atoms. The highest BCUT2D eigenvalue weighted by atomic mass is 32.1. The maximum Gasteiger partial charge on any atom is 0.270 e. The number of thiophene rings is 1. The van der Waals surface area contributed by atoms with Crippen LogP contribution in [-0.2, 0) is 4.79 Å². The molecule has 0 aliphatic carbocycles. The predicted octanol–water partition coefficient (Wildman–Crippen LogP) is 2.10. The Kier molecular flexibility index (Phi) is 4.21. The summed E-state index contributed by atoms with van der Waals surface area (Å²) in [5, 5.41) is 6.02. The fourth-order valence-electron chi connectivity index (χ4n) is 4.14. The lowest BCUT2D eigenvalue weighted by Gasteiger charge is -2.49. The van der Waals surface area contributed by atoms with E-state index in [-0.39, 0.29) is 11.9 Å². The molecule has 2 bridgehead atoms. The molecule has 3 fully saturated rings. The molecule has 7 heteroatoms. The van der Waals surface area contributed by atoms with Crippen LogP contribution in [0.3, 0.4) is 0 Å². The number of fused-ring (bicyclic) bond motifs is 4. The molecule has 2 aromatic heterocycles. The van der Waals surface area contributed by atoms with Gasteiger partial charge in [0, 0.05) is 36.1 Å². The van der Waals surface area contributed by atoms with E-state index >= 15 is 0 Å². The number of rotatable bonds is 4. The van der Waals surface area contributed by atoms with Crippen molar-refractivity contribution in [1.29, 1.82) is 0 Å². The summed E-state index contributed by atoms with van der Waals surface area (Å²) >= 11 is 1.52. The highest BCUT2D eigenvalue weighted by Crippen LogP contribution is 2.33. The lowest BCUT2D eigenvalue weighted by atomic mass is 9.79. The predicted molar refractivity (Wildman–Crippen MR) is 99.1 cm³/mol. The minimum atomic E-state index is -0.126. The second kappa shape index (κ2) is 6.38. The molecule has 132 valence electrons. The van der Waals surface area contributed by atoms with Crippen molar-refractivity contribution < 1.29 is 9.59 Å². The molecule has 0 radical (unpaired) electrons. The van der Waals surface area contributed by atoms with Crippen molar-refractivity contribution >= 4 is 39.4 Å². The van der Waals surface area contributed by atoms with Crippen molar-refractivity contribution in [3.8, 4) is 0 Å². The van der Waals surface area contributed by atoms with Gasteiger partial charge in [0.05, 0.1) is 10.4 Å². The molecule has 1 N–H and O–H groups in total. The summed E-state index contributed by atoms with van der Waals surface area (Å²) < 4.78 is 0.969. The molecule has 3 aliphatic rings. The molecule has 2 unspecified atom stereocenters. The van der Waals surface area contributed by atoms with Crippen molar-refractivity contribution in [2.45, 2.75) is 31.8 Å². The van der Waals surface area contributed by atoms with Crippen molar-refractivity contribution in [3.05, 3.63) is 23.3 Å². The van der Waals surface area contributed by atoms with Crippen LogP contribution in [0.2, 0.25) is 0 Å². The van der Waals surface area contributed by atoms with Gasteiger partial charge in [-0.1, -0.05) is 0 Å². The minimum absolute atomic E-state index is 0.126. The third-order valence-electron chi connectivity index (χ3n) is 5.69. The van der Waals surface area contributed by atoms with E-state index in [2.05, 4.69) is 22.1 Å². The van der Waals surface area contributed by atoms with Crippen molar-refractivity contribution in [2.75, 3.05) is 25.0 Å². The van der Waals surface area contributed by atoms with E-state index in [1.165, 1.54) is 16.2 Å². The zero-order chi connectivity index (χ0) is 17.6. The average Bonchev–Trinajstić information content (AvgIpc) is 3.07. The topological polar surface area (TPSA) is 65.5 Å². The number of carbonyl (C=O) groups is 2. The third kappa shape index (κ3) is 2.81. The van der Waals surface area contributed by atoms with E-state index in [0.717, 1.165) is 48.1 Å². The maximum atomic E-state index is 12.8. The Morgan fingerprint density at radius 3 is 2.88 bits per heavy atom. The third-order valence-corrected chi connectivity index (χ3v) is 6.61. The molecule has 2 amide bonds. The van der Waals surface area contributed by atoms with Gasteiger partial charge >= 0.3 is 0 Å². The quantitative estimate of drug-likeness (QED) is 0.850. The van der Waals surface area contributed by atoms with Crippen molar-refractivity contribution in [2.24, 2.45) is 5.92 Å². The summed E-state index contributed by atoms with van der Waals surface area (Å²) in [4.78, 5) is 32.2. The Labute approximate surface area is 150 Å². The van der Waals surface area contributed by atoms with Gasteiger partial charge in [0.25, 0.3) is 5.91 Å². The Morgan fingerprint density at radius 1 is 1.44 bits per heavy atom. The van der Waals surface area contributed by atoms with Crippen LogP contribution >= 0.6 is 11.3 Å². The normalized spacial score (nSPS) is 28.1. The van der Waals surface area contributed by atoms with Gasteiger partial charge in [-0.2, -0.15) is 0 Å². The van der Waals surface area contributed by atoms with E-state index in [1.54, 1.807) is 19.3 Å². The summed E-state index contributed by atoms with van der Waals surface area (Å²) in [6.07, 6.45) is 4.80. The van der Waals surface area contributed by atoms with Gasteiger partial charge in [0.1, 0.15) is 5.69 Å². The number of anilines is 1. The zero-order valence-corrected chi connectivity index (χ0v) is 15.3. The summed E-state index contributed by atoms with van der Waals surface area (Å²) in [7, 11) is 1.71. The largest absolute Gasteiger partial charge is 0.346 e. The molecule has 3 saturated heterocycles. The first kappa shape index (κ1) is 16.5. The molecule has 0 aromatic carbocycles. The fourth-order valence-corrected chi connectivity index (χ4v) is 5.08. The Morgan fingerprint density at radius 2 is 2.20 bits per heavy atom. The summed E-state index contributed by atoms with van der Waals surface area (Å²) in [6, 6.07) is 2.35. The van der Waals surface area contributed by atoms with Crippen molar-refractivity contribution in [3.63, 3.8) is 0 Å². The number of pyridine rings is 1. The number of carbonyl (C=O) groups excluding carboxylic acids is 2. The number of hydrogen-bond acceptors (Lipinski definition) is 5. The second-order valence-corrected chi connectivity index (χ2v) is 7.93. The summed E-state index contributed by atoms with van der Waals surface area (Å²) in [5.74, 6) is 0.434. The van der Waals surface area contributed by atoms with E-state index in [1.807, 2.05) is 5.38 Å². The van der Waals surface area contributed by atoms with Gasteiger partial charge < -0.3 is 10.2 Å². The molecule has 0 saturated carbocycles. The standard InChI is InChI=1S/C18H22N4O2S/c1-11-17(12-3-5-22(11)6-4-12)20-18(24)14-7-13-15(21(2)10-23)9-25-16(13)8-19-14/h7-12,17H,3-6H2,1-2H3,(H,20,24). The monoisotopic (exact) mass is 358 g/mol. The molecular formula is C18H22N4O2S. The highest BCUT2D eigenvalue weighted by molar-refractivity contribution is 7.17. The van der Waals surface area contributed by atoms with Crippen LogP contribution in [0, 0.1) is 5.92 Å². The number of piperidine rings is 3. The van der Waals surface area contributed by atoms with Crippen LogP contribution in [0.15, 0.2) is 17.6 Å². The molecule has 5 heterocycles. The fraction of sp³-hybridized carbons (Fsp3) is 0.500. The van der Waals surface area contributed by atoms with Crippen LogP contribution in [0.25, 0.3) is 10.1 Å². The smallest absolute Gasteiger partial charge is 0.270 e. The van der Waals surface area contributed by atoms with E-state index in [0.29, 0.717) is 17.7 Å². The lowest BCUT2D eigenvalue weighted by Crippen LogP contribution is -2.62. The maximum absolute atomic E-state index is 12.8. The molecule has 3 aliphatic heterocycles. The number of nitrogens with one attached hydrogen (secondary N) is 1. The Hall–Kier alpha value is -1.99. The SMILES string of the molecule is CC1C(NC(=O)c2cc3c(N(C)C=O)csc3cn2)C2CCN1CC2. The number of hydrogen-bond donors (Lipinski definition) is 1. The van der Waals surface area contributed by atoms with Crippen LogP contribution in [0.4, 0.5) is 5.69 Å².